The third-order valence-electron chi connectivity index (χ3n) is 3.38. The number of nitrogens with one attached hydrogen (secondary N) is 1. The smallest absolute Gasteiger partial charge is 0.303 e. The maximum Gasteiger partial charge on any atom is 0.303 e. The van der Waals surface area contributed by atoms with Gasteiger partial charge >= 0.3 is 5.97 Å². The number of aromatic nitrogens is 1. The second-order valence-electron chi connectivity index (χ2n) is 5.15. The molecule has 0 spiro atoms. The molecule has 0 saturated carbocycles. The summed E-state index contributed by atoms with van der Waals surface area (Å²) in [5.41, 5.74) is 1.12. The number of nitrogens with zero attached hydrogens (tertiary/aromatic N) is 1. The van der Waals surface area contributed by atoms with Crippen LogP contribution in [0.1, 0.15) is 45.7 Å². The molecule has 108 valence electrons. The average Bonchev–Trinajstić information content (AvgIpc) is 2.80. The molecule has 1 aromatic rings. The molecule has 1 heterocycles. The molecular formula is C14H24N2O2S. The number of thiazole rings is 1. The first-order valence-electron chi connectivity index (χ1n) is 6.93. The SMILES string of the molecule is CCc1csc(NCCC(CCC(=O)O)C(C)C)n1. The summed E-state index contributed by atoms with van der Waals surface area (Å²) in [6.07, 6.45) is 2.98. The van der Waals surface area contributed by atoms with Crippen LogP contribution in [-0.4, -0.2) is 22.6 Å². The standard InChI is InChI=1S/C14H24N2O2S/c1-4-12-9-19-14(16-12)15-8-7-11(10(2)3)5-6-13(17)18/h9-11H,4-8H2,1-3H3,(H,15,16)(H,17,18). The van der Waals surface area contributed by atoms with Crippen molar-refractivity contribution in [3.8, 4) is 0 Å². The van der Waals surface area contributed by atoms with Gasteiger partial charge in [0.2, 0.25) is 0 Å². The molecule has 0 aromatic carbocycles. The minimum atomic E-state index is -0.703. The van der Waals surface area contributed by atoms with Crippen LogP contribution in [0.25, 0.3) is 0 Å². The zero-order valence-corrected chi connectivity index (χ0v) is 12.8. The van der Waals surface area contributed by atoms with Gasteiger partial charge in [-0.05, 0) is 31.1 Å². The highest BCUT2D eigenvalue weighted by Crippen LogP contribution is 2.22. The molecule has 0 aliphatic rings. The molecule has 4 nitrogen and oxygen atoms in total. The van der Waals surface area contributed by atoms with Crippen molar-refractivity contribution in [3.63, 3.8) is 0 Å². The van der Waals surface area contributed by atoms with Gasteiger partial charge in [0.05, 0.1) is 5.69 Å². The highest BCUT2D eigenvalue weighted by Gasteiger charge is 2.14. The molecule has 0 aliphatic carbocycles. The van der Waals surface area contributed by atoms with E-state index in [2.05, 4.69) is 36.5 Å². The topological polar surface area (TPSA) is 62.2 Å². The Hall–Kier alpha value is -1.10. The van der Waals surface area contributed by atoms with Crippen molar-refractivity contribution in [1.82, 2.24) is 4.98 Å². The highest BCUT2D eigenvalue weighted by molar-refractivity contribution is 7.13. The fourth-order valence-corrected chi connectivity index (χ4v) is 2.86. The van der Waals surface area contributed by atoms with Gasteiger partial charge in [-0.15, -0.1) is 11.3 Å². The predicted octanol–water partition coefficient (Wildman–Crippen LogP) is 3.64. The lowest BCUT2D eigenvalue weighted by molar-refractivity contribution is -0.137. The molecule has 1 rings (SSSR count). The summed E-state index contributed by atoms with van der Waals surface area (Å²) in [5, 5.41) is 15.1. The maximum absolute atomic E-state index is 10.6. The summed E-state index contributed by atoms with van der Waals surface area (Å²) in [4.78, 5) is 15.1. The molecule has 0 bridgehead atoms. The average molecular weight is 284 g/mol. The van der Waals surface area contributed by atoms with Crippen LogP contribution in [0.5, 0.6) is 0 Å². The Labute approximate surface area is 119 Å². The first-order chi connectivity index (χ1) is 9.02. The van der Waals surface area contributed by atoms with Crippen LogP contribution >= 0.6 is 11.3 Å². The van der Waals surface area contributed by atoms with Crippen molar-refractivity contribution in [2.24, 2.45) is 11.8 Å². The van der Waals surface area contributed by atoms with Crippen LogP contribution in [0.2, 0.25) is 0 Å². The van der Waals surface area contributed by atoms with Gasteiger partial charge in [-0.1, -0.05) is 20.8 Å². The van der Waals surface area contributed by atoms with Gasteiger partial charge in [-0.3, -0.25) is 4.79 Å². The molecule has 1 unspecified atom stereocenters. The van der Waals surface area contributed by atoms with E-state index >= 15 is 0 Å². The van der Waals surface area contributed by atoms with Crippen LogP contribution < -0.4 is 5.32 Å². The Balaban J connectivity index is 2.33. The Kier molecular flexibility index (Phi) is 6.84. The normalized spacial score (nSPS) is 12.6. The van der Waals surface area contributed by atoms with E-state index in [0.717, 1.165) is 36.6 Å². The number of hydrogen-bond acceptors (Lipinski definition) is 4. The van der Waals surface area contributed by atoms with Gasteiger partial charge < -0.3 is 10.4 Å². The van der Waals surface area contributed by atoms with Gasteiger partial charge in [-0.2, -0.15) is 0 Å². The number of carboxylic acid groups (broad SMARTS) is 1. The number of aryl methyl sites for hydroxylation is 1. The van der Waals surface area contributed by atoms with E-state index in [1.807, 2.05) is 0 Å². The zero-order chi connectivity index (χ0) is 14.3. The van der Waals surface area contributed by atoms with E-state index in [0.29, 0.717) is 11.8 Å². The van der Waals surface area contributed by atoms with Crippen molar-refractivity contribution in [2.75, 3.05) is 11.9 Å². The van der Waals surface area contributed by atoms with Crippen molar-refractivity contribution in [2.45, 2.75) is 46.5 Å². The van der Waals surface area contributed by atoms with Gasteiger partial charge in [0.15, 0.2) is 5.13 Å². The number of carboxylic acids is 1. The largest absolute Gasteiger partial charge is 0.481 e. The third-order valence-corrected chi connectivity index (χ3v) is 4.23. The van der Waals surface area contributed by atoms with E-state index in [9.17, 15) is 4.79 Å². The number of hydrogen-bond donors (Lipinski definition) is 2. The fraction of sp³-hybridized carbons (Fsp3) is 0.714. The van der Waals surface area contributed by atoms with Crippen LogP contribution in [-0.2, 0) is 11.2 Å². The molecule has 0 fully saturated rings. The number of anilines is 1. The van der Waals surface area contributed by atoms with Crippen LogP contribution in [0.15, 0.2) is 5.38 Å². The summed E-state index contributed by atoms with van der Waals surface area (Å²) >= 11 is 1.64. The van der Waals surface area contributed by atoms with Gasteiger partial charge in [0.25, 0.3) is 0 Å². The monoisotopic (exact) mass is 284 g/mol. The van der Waals surface area contributed by atoms with Gasteiger partial charge in [-0.25, -0.2) is 4.98 Å². The lowest BCUT2D eigenvalue weighted by atomic mass is 9.88. The summed E-state index contributed by atoms with van der Waals surface area (Å²) in [7, 11) is 0. The molecule has 0 saturated heterocycles. The lowest BCUT2D eigenvalue weighted by Crippen LogP contribution is -2.15. The Bertz CT molecular complexity index is 391. The van der Waals surface area contributed by atoms with E-state index in [-0.39, 0.29) is 6.42 Å². The van der Waals surface area contributed by atoms with Crippen LogP contribution in [0.3, 0.4) is 0 Å². The fourth-order valence-electron chi connectivity index (χ4n) is 2.03. The first kappa shape index (κ1) is 16.0. The van der Waals surface area contributed by atoms with Gasteiger partial charge in [0, 0.05) is 18.3 Å². The molecule has 1 atom stereocenters. The van der Waals surface area contributed by atoms with Crippen molar-refractivity contribution < 1.29 is 9.90 Å². The second-order valence-corrected chi connectivity index (χ2v) is 6.01. The number of aliphatic carboxylic acids is 1. The summed E-state index contributed by atoms with van der Waals surface area (Å²) in [6, 6.07) is 0. The van der Waals surface area contributed by atoms with Crippen molar-refractivity contribution in [3.05, 3.63) is 11.1 Å². The number of rotatable bonds is 9. The minimum Gasteiger partial charge on any atom is -0.481 e. The van der Waals surface area contributed by atoms with E-state index in [1.165, 1.54) is 0 Å². The molecule has 5 heteroatoms. The Morgan fingerprint density at radius 1 is 1.47 bits per heavy atom. The van der Waals surface area contributed by atoms with E-state index < -0.39 is 5.97 Å². The molecular weight excluding hydrogens is 260 g/mol. The molecule has 19 heavy (non-hydrogen) atoms. The Morgan fingerprint density at radius 2 is 2.21 bits per heavy atom. The third kappa shape index (κ3) is 6.05. The molecule has 0 radical (unpaired) electrons. The Morgan fingerprint density at radius 3 is 2.74 bits per heavy atom. The quantitative estimate of drug-likeness (QED) is 0.726. The minimum absolute atomic E-state index is 0.264. The summed E-state index contributed by atoms with van der Waals surface area (Å²) < 4.78 is 0. The molecule has 0 amide bonds. The highest BCUT2D eigenvalue weighted by atomic mass is 32.1. The van der Waals surface area contributed by atoms with E-state index in [1.54, 1.807) is 11.3 Å². The van der Waals surface area contributed by atoms with Crippen molar-refractivity contribution in [1.29, 1.82) is 0 Å². The van der Waals surface area contributed by atoms with Gasteiger partial charge in [0.1, 0.15) is 0 Å². The van der Waals surface area contributed by atoms with Crippen LogP contribution in [0.4, 0.5) is 5.13 Å². The maximum atomic E-state index is 10.6. The predicted molar refractivity (Wildman–Crippen MR) is 79.8 cm³/mol. The molecule has 1 aromatic heterocycles. The van der Waals surface area contributed by atoms with Crippen molar-refractivity contribution >= 4 is 22.4 Å². The van der Waals surface area contributed by atoms with Crippen LogP contribution in [0, 0.1) is 11.8 Å². The first-order valence-corrected chi connectivity index (χ1v) is 7.81. The number of carbonyl (C=O) groups is 1. The lowest BCUT2D eigenvalue weighted by Gasteiger charge is -2.20. The summed E-state index contributed by atoms with van der Waals surface area (Å²) in [6.45, 7) is 7.27. The van der Waals surface area contributed by atoms with E-state index in [4.69, 9.17) is 5.11 Å². The summed E-state index contributed by atoms with van der Waals surface area (Å²) in [5.74, 6) is 0.268. The molecule has 2 N–H and O–H groups in total. The second kappa shape index (κ2) is 8.15. The molecule has 0 aliphatic heterocycles. The zero-order valence-electron chi connectivity index (χ0n) is 12.0.